The Hall–Kier alpha value is -0.860. The van der Waals surface area contributed by atoms with Crippen LogP contribution in [0.25, 0.3) is 0 Å². The van der Waals surface area contributed by atoms with Gasteiger partial charge in [0.25, 0.3) is 0 Å². The average Bonchev–Trinajstić information content (AvgIpc) is 2.17. The van der Waals surface area contributed by atoms with Gasteiger partial charge in [-0.3, -0.25) is 4.84 Å². The highest BCUT2D eigenvalue weighted by atomic mass is 16.6. The second-order valence-electron chi connectivity index (χ2n) is 3.23. The lowest BCUT2D eigenvalue weighted by atomic mass is 10.1. The van der Waals surface area contributed by atoms with Crippen molar-refractivity contribution in [2.75, 3.05) is 0 Å². The van der Waals surface area contributed by atoms with E-state index in [1.54, 1.807) is 0 Å². The third-order valence-corrected chi connectivity index (χ3v) is 2.09. The van der Waals surface area contributed by atoms with Gasteiger partial charge in [-0.25, -0.2) is 5.90 Å². The van der Waals surface area contributed by atoms with Crippen LogP contribution in [0.15, 0.2) is 24.3 Å². The molecule has 0 amide bonds. The summed E-state index contributed by atoms with van der Waals surface area (Å²) in [7, 11) is 0. The highest BCUT2D eigenvalue weighted by molar-refractivity contribution is 5.22. The quantitative estimate of drug-likeness (QED) is 0.704. The molecule has 0 radical (unpaired) electrons. The van der Waals surface area contributed by atoms with E-state index in [0.29, 0.717) is 6.61 Å². The van der Waals surface area contributed by atoms with Gasteiger partial charge >= 0.3 is 0 Å². The van der Waals surface area contributed by atoms with E-state index >= 15 is 0 Å². The molecule has 0 bridgehead atoms. The summed E-state index contributed by atoms with van der Waals surface area (Å²) in [4.78, 5) is 4.55. The predicted octanol–water partition coefficient (Wildman–Crippen LogP) is 2.42. The van der Waals surface area contributed by atoms with Crippen LogP contribution in [0.3, 0.4) is 0 Å². The normalized spacial score (nSPS) is 10.3. The van der Waals surface area contributed by atoms with Gasteiger partial charge in [0.2, 0.25) is 0 Å². The molecule has 0 saturated carbocycles. The monoisotopic (exact) mass is 179 g/mol. The Morgan fingerprint density at radius 2 is 1.77 bits per heavy atom. The molecule has 0 aliphatic heterocycles. The average molecular weight is 179 g/mol. The largest absolute Gasteiger partial charge is 0.300 e. The van der Waals surface area contributed by atoms with Crippen LogP contribution in [-0.4, -0.2) is 0 Å². The SMILES string of the molecule is CCCCc1ccc(CON)cc1. The smallest absolute Gasteiger partial charge is 0.0930 e. The van der Waals surface area contributed by atoms with E-state index in [4.69, 9.17) is 5.90 Å². The fourth-order valence-electron chi connectivity index (χ4n) is 1.28. The molecule has 0 aliphatic carbocycles. The second-order valence-corrected chi connectivity index (χ2v) is 3.23. The molecule has 2 N–H and O–H groups in total. The molecule has 1 rings (SSSR count). The fraction of sp³-hybridized carbons (Fsp3) is 0.455. The van der Waals surface area contributed by atoms with E-state index in [0.717, 1.165) is 5.56 Å². The molecule has 13 heavy (non-hydrogen) atoms. The first-order valence-electron chi connectivity index (χ1n) is 4.76. The first-order valence-corrected chi connectivity index (χ1v) is 4.76. The van der Waals surface area contributed by atoms with Crippen LogP contribution in [0.5, 0.6) is 0 Å². The molecule has 0 saturated heterocycles. The molecule has 1 aromatic rings. The summed E-state index contributed by atoms with van der Waals surface area (Å²) in [5.41, 5.74) is 2.52. The second kappa shape index (κ2) is 5.73. The summed E-state index contributed by atoms with van der Waals surface area (Å²) in [5.74, 6) is 4.98. The van der Waals surface area contributed by atoms with Gasteiger partial charge in [-0.2, -0.15) is 0 Å². The predicted molar refractivity (Wildman–Crippen MR) is 54.0 cm³/mol. The summed E-state index contributed by atoms with van der Waals surface area (Å²) in [5, 5.41) is 0. The first-order chi connectivity index (χ1) is 6.36. The van der Waals surface area contributed by atoms with Gasteiger partial charge in [0.15, 0.2) is 0 Å². The summed E-state index contributed by atoms with van der Waals surface area (Å²) < 4.78 is 0. The first kappa shape index (κ1) is 10.2. The molecular weight excluding hydrogens is 162 g/mol. The van der Waals surface area contributed by atoms with E-state index in [9.17, 15) is 0 Å². The number of rotatable bonds is 5. The topological polar surface area (TPSA) is 35.2 Å². The minimum Gasteiger partial charge on any atom is -0.300 e. The van der Waals surface area contributed by atoms with Crippen molar-refractivity contribution in [3.05, 3.63) is 35.4 Å². The van der Waals surface area contributed by atoms with E-state index in [2.05, 4.69) is 36.0 Å². The molecule has 0 fully saturated rings. The maximum atomic E-state index is 4.98. The van der Waals surface area contributed by atoms with Crippen LogP contribution in [0, 0.1) is 0 Å². The van der Waals surface area contributed by atoms with Crippen LogP contribution in [0.1, 0.15) is 30.9 Å². The molecule has 72 valence electrons. The Labute approximate surface area is 79.7 Å². The lowest BCUT2D eigenvalue weighted by Crippen LogP contribution is -1.98. The summed E-state index contributed by atoms with van der Waals surface area (Å²) in [6.45, 7) is 2.70. The third-order valence-electron chi connectivity index (χ3n) is 2.09. The number of nitrogens with two attached hydrogens (primary N) is 1. The molecule has 0 unspecified atom stereocenters. The van der Waals surface area contributed by atoms with Crippen molar-refractivity contribution >= 4 is 0 Å². The van der Waals surface area contributed by atoms with Crippen molar-refractivity contribution < 1.29 is 4.84 Å². The van der Waals surface area contributed by atoms with Gasteiger partial charge in [0.05, 0.1) is 6.61 Å². The highest BCUT2D eigenvalue weighted by Gasteiger charge is 1.93. The zero-order valence-electron chi connectivity index (χ0n) is 8.12. The van der Waals surface area contributed by atoms with Crippen molar-refractivity contribution in [1.82, 2.24) is 0 Å². The molecule has 0 atom stereocenters. The van der Waals surface area contributed by atoms with Crippen LogP contribution < -0.4 is 5.90 Å². The van der Waals surface area contributed by atoms with Crippen LogP contribution in [0.4, 0.5) is 0 Å². The number of aryl methyl sites for hydroxylation is 1. The van der Waals surface area contributed by atoms with Crippen molar-refractivity contribution in [3.8, 4) is 0 Å². The summed E-state index contributed by atoms with van der Waals surface area (Å²) >= 11 is 0. The van der Waals surface area contributed by atoms with Gasteiger partial charge < -0.3 is 0 Å². The minimum atomic E-state index is 0.494. The summed E-state index contributed by atoms with van der Waals surface area (Å²) in [6.07, 6.45) is 3.67. The third kappa shape index (κ3) is 3.57. The van der Waals surface area contributed by atoms with E-state index in [-0.39, 0.29) is 0 Å². The van der Waals surface area contributed by atoms with Crippen LogP contribution in [-0.2, 0) is 17.9 Å². The van der Waals surface area contributed by atoms with Gasteiger partial charge in [-0.05, 0) is 24.0 Å². The minimum absolute atomic E-state index is 0.494. The Bertz CT molecular complexity index is 230. The Kier molecular flexibility index (Phi) is 4.50. The summed E-state index contributed by atoms with van der Waals surface area (Å²) in [6, 6.07) is 8.42. The standard InChI is InChI=1S/C11H17NO/c1-2-3-4-10-5-7-11(8-6-10)9-13-12/h5-8H,2-4,9,12H2,1H3. The zero-order valence-corrected chi connectivity index (χ0v) is 8.12. The Morgan fingerprint density at radius 3 is 2.31 bits per heavy atom. The Morgan fingerprint density at radius 1 is 1.15 bits per heavy atom. The van der Waals surface area contributed by atoms with Crippen molar-refractivity contribution in [2.45, 2.75) is 32.8 Å². The van der Waals surface area contributed by atoms with Crippen molar-refractivity contribution in [1.29, 1.82) is 0 Å². The van der Waals surface area contributed by atoms with Crippen molar-refractivity contribution in [3.63, 3.8) is 0 Å². The molecule has 2 nitrogen and oxygen atoms in total. The lowest BCUT2D eigenvalue weighted by Gasteiger charge is -2.02. The van der Waals surface area contributed by atoms with Crippen LogP contribution in [0.2, 0.25) is 0 Å². The molecule has 0 aliphatic rings. The van der Waals surface area contributed by atoms with Crippen LogP contribution >= 0.6 is 0 Å². The van der Waals surface area contributed by atoms with Gasteiger partial charge in [-0.1, -0.05) is 37.6 Å². The van der Waals surface area contributed by atoms with Crippen molar-refractivity contribution in [2.24, 2.45) is 5.90 Å². The molecular formula is C11H17NO. The molecule has 0 spiro atoms. The van der Waals surface area contributed by atoms with E-state index in [1.807, 2.05) is 0 Å². The zero-order chi connectivity index (χ0) is 9.52. The van der Waals surface area contributed by atoms with Gasteiger partial charge in [0, 0.05) is 0 Å². The van der Waals surface area contributed by atoms with E-state index in [1.165, 1.54) is 24.8 Å². The number of benzene rings is 1. The Balaban J connectivity index is 2.48. The highest BCUT2D eigenvalue weighted by Crippen LogP contribution is 2.08. The number of unbranched alkanes of at least 4 members (excludes halogenated alkanes) is 1. The number of hydrogen-bond donors (Lipinski definition) is 1. The maximum Gasteiger partial charge on any atom is 0.0930 e. The maximum absolute atomic E-state index is 4.98. The fourth-order valence-corrected chi connectivity index (χ4v) is 1.28. The van der Waals surface area contributed by atoms with Gasteiger partial charge in [-0.15, -0.1) is 0 Å². The lowest BCUT2D eigenvalue weighted by molar-refractivity contribution is 0.124. The molecule has 0 aromatic heterocycles. The molecule has 0 heterocycles. The van der Waals surface area contributed by atoms with E-state index < -0.39 is 0 Å². The van der Waals surface area contributed by atoms with Gasteiger partial charge in [0.1, 0.15) is 0 Å². The number of hydrogen-bond acceptors (Lipinski definition) is 2. The molecule has 2 heteroatoms. The molecule has 1 aromatic carbocycles.